The van der Waals surface area contributed by atoms with E-state index in [1.54, 1.807) is 30.3 Å². The Kier molecular flexibility index (Phi) is 5.74. The molecule has 0 unspecified atom stereocenters. The molecule has 0 spiro atoms. The Labute approximate surface area is 161 Å². The highest BCUT2D eigenvalue weighted by Crippen LogP contribution is 2.21. The number of carbonyl (C=O) groups is 2. The summed E-state index contributed by atoms with van der Waals surface area (Å²) in [4.78, 5) is 23.9. The van der Waals surface area contributed by atoms with Crippen LogP contribution >= 0.6 is 11.6 Å². The number of halogens is 1. The number of rotatable bonds is 6. The summed E-state index contributed by atoms with van der Waals surface area (Å²) in [6.45, 7) is 0.444. The standard InChI is InChI=1S/C21H17ClN2O3/c22-16-8-11-19(18(12-16)20(23)25)24-21(26)15-6-9-17(10-7-15)27-13-14-4-2-1-3-5-14/h1-12H,13H2,(H2,23,25)(H,24,26). The van der Waals surface area contributed by atoms with E-state index in [4.69, 9.17) is 22.1 Å². The van der Waals surface area contributed by atoms with E-state index in [9.17, 15) is 9.59 Å². The summed E-state index contributed by atoms with van der Waals surface area (Å²) in [5, 5.41) is 3.04. The van der Waals surface area contributed by atoms with Gasteiger partial charge in [0.15, 0.2) is 0 Å². The average Bonchev–Trinajstić information content (AvgIpc) is 2.68. The van der Waals surface area contributed by atoms with Crippen molar-refractivity contribution in [3.8, 4) is 5.75 Å². The number of primary amides is 1. The quantitative estimate of drug-likeness (QED) is 0.670. The van der Waals surface area contributed by atoms with Crippen LogP contribution in [-0.2, 0) is 6.61 Å². The Balaban J connectivity index is 1.67. The first-order valence-corrected chi connectivity index (χ1v) is 8.58. The number of carbonyl (C=O) groups excluding carboxylic acids is 2. The van der Waals surface area contributed by atoms with Gasteiger partial charge in [0.1, 0.15) is 12.4 Å². The molecule has 27 heavy (non-hydrogen) atoms. The van der Waals surface area contributed by atoms with Crippen LogP contribution in [0.2, 0.25) is 5.02 Å². The lowest BCUT2D eigenvalue weighted by atomic mass is 10.1. The Morgan fingerprint density at radius 1 is 0.963 bits per heavy atom. The molecular formula is C21H17ClN2O3. The van der Waals surface area contributed by atoms with Crippen molar-refractivity contribution in [2.24, 2.45) is 5.73 Å². The Morgan fingerprint density at radius 2 is 1.67 bits per heavy atom. The van der Waals surface area contributed by atoms with Crippen LogP contribution in [-0.4, -0.2) is 11.8 Å². The first-order chi connectivity index (χ1) is 13.0. The molecule has 0 saturated heterocycles. The van der Waals surface area contributed by atoms with Gasteiger partial charge in [-0.2, -0.15) is 0 Å². The second-order valence-electron chi connectivity index (χ2n) is 5.81. The summed E-state index contributed by atoms with van der Waals surface area (Å²) < 4.78 is 5.70. The van der Waals surface area contributed by atoms with Crippen molar-refractivity contribution in [1.82, 2.24) is 0 Å². The van der Waals surface area contributed by atoms with Crippen molar-refractivity contribution in [2.75, 3.05) is 5.32 Å². The summed E-state index contributed by atoms with van der Waals surface area (Å²) >= 11 is 5.87. The summed E-state index contributed by atoms with van der Waals surface area (Å²) in [5.74, 6) is -0.383. The predicted molar refractivity (Wildman–Crippen MR) is 105 cm³/mol. The first kappa shape index (κ1) is 18.5. The molecule has 0 bridgehead atoms. The third kappa shape index (κ3) is 4.86. The van der Waals surface area contributed by atoms with Gasteiger partial charge in [-0.05, 0) is 48.0 Å². The highest BCUT2D eigenvalue weighted by molar-refractivity contribution is 6.31. The van der Waals surface area contributed by atoms with Gasteiger partial charge in [0.05, 0.1) is 11.3 Å². The minimum absolute atomic E-state index is 0.152. The van der Waals surface area contributed by atoms with Crippen LogP contribution in [0.25, 0.3) is 0 Å². The number of anilines is 1. The maximum atomic E-state index is 12.4. The molecular weight excluding hydrogens is 364 g/mol. The molecule has 0 heterocycles. The first-order valence-electron chi connectivity index (χ1n) is 8.20. The Morgan fingerprint density at radius 3 is 2.33 bits per heavy atom. The van der Waals surface area contributed by atoms with Gasteiger partial charge in [0.25, 0.3) is 11.8 Å². The molecule has 3 aromatic carbocycles. The number of nitrogens with two attached hydrogens (primary N) is 1. The van der Waals surface area contributed by atoms with Crippen molar-refractivity contribution in [3.63, 3.8) is 0 Å². The summed E-state index contributed by atoms with van der Waals surface area (Å²) in [7, 11) is 0. The lowest BCUT2D eigenvalue weighted by Gasteiger charge is -2.10. The predicted octanol–water partition coefficient (Wildman–Crippen LogP) is 4.27. The van der Waals surface area contributed by atoms with Crippen LogP contribution < -0.4 is 15.8 Å². The summed E-state index contributed by atoms with van der Waals surface area (Å²) in [6, 6.07) is 21.1. The highest BCUT2D eigenvalue weighted by atomic mass is 35.5. The fourth-order valence-corrected chi connectivity index (χ4v) is 2.64. The van der Waals surface area contributed by atoms with Gasteiger partial charge in [-0.1, -0.05) is 41.9 Å². The molecule has 0 saturated carbocycles. The molecule has 0 aliphatic carbocycles. The maximum Gasteiger partial charge on any atom is 0.255 e. The molecule has 0 fully saturated rings. The van der Waals surface area contributed by atoms with Crippen molar-refractivity contribution < 1.29 is 14.3 Å². The zero-order valence-electron chi connectivity index (χ0n) is 14.3. The minimum atomic E-state index is -0.669. The molecule has 0 aromatic heterocycles. The van der Waals surface area contributed by atoms with Crippen LogP contribution in [0.5, 0.6) is 5.75 Å². The maximum absolute atomic E-state index is 12.4. The highest BCUT2D eigenvalue weighted by Gasteiger charge is 2.13. The molecule has 136 valence electrons. The van der Waals surface area contributed by atoms with Gasteiger partial charge in [-0.15, -0.1) is 0 Å². The average molecular weight is 381 g/mol. The largest absolute Gasteiger partial charge is 0.489 e. The minimum Gasteiger partial charge on any atom is -0.489 e. The van der Waals surface area contributed by atoms with Crippen LogP contribution in [0.4, 0.5) is 5.69 Å². The van der Waals surface area contributed by atoms with E-state index >= 15 is 0 Å². The Bertz CT molecular complexity index is 957. The molecule has 0 atom stereocenters. The van der Waals surface area contributed by atoms with Crippen molar-refractivity contribution >= 4 is 29.1 Å². The van der Waals surface area contributed by atoms with Crippen molar-refractivity contribution in [3.05, 3.63) is 94.5 Å². The van der Waals surface area contributed by atoms with Gasteiger partial charge in [-0.25, -0.2) is 0 Å². The lowest BCUT2D eigenvalue weighted by Crippen LogP contribution is -2.18. The van der Waals surface area contributed by atoms with Gasteiger partial charge >= 0.3 is 0 Å². The smallest absolute Gasteiger partial charge is 0.255 e. The van der Waals surface area contributed by atoms with Gasteiger partial charge in [0.2, 0.25) is 0 Å². The number of hydrogen-bond donors (Lipinski definition) is 2. The van der Waals surface area contributed by atoms with E-state index in [0.717, 1.165) is 5.56 Å². The van der Waals surface area contributed by atoms with Crippen LogP contribution in [0.3, 0.4) is 0 Å². The number of ether oxygens (including phenoxy) is 1. The fourth-order valence-electron chi connectivity index (χ4n) is 2.47. The molecule has 2 amide bonds. The third-order valence-corrected chi connectivity index (χ3v) is 4.10. The molecule has 0 aliphatic heterocycles. The van der Waals surface area contributed by atoms with Gasteiger partial charge in [0, 0.05) is 10.6 Å². The number of nitrogens with one attached hydrogen (secondary N) is 1. The zero-order chi connectivity index (χ0) is 19.2. The second kappa shape index (κ2) is 8.38. The molecule has 3 rings (SSSR count). The Hall–Kier alpha value is -3.31. The second-order valence-corrected chi connectivity index (χ2v) is 6.24. The van der Waals surface area contributed by atoms with Crippen LogP contribution in [0.1, 0.15) is 26.3 Å². The van der Waals surface area contributed by atoms with E-state index < -0.39 is 5.91 Å². The fraction of sp³-hybridized carbons (Fsp3) is 0.0476. The summed E-state index contributed by atoms with van der Waals surface area (Å²) in [5.41, 5.74) is 7.27. The number of hydrogen-bond acceptors (Lipinski definition) is 3. The van der Waals surface area contributed by atoms with Crippen LogP contribution in [0, 0.1) is 0 Å². The van der Waals surface area contributed by atoms with E-state index in [1.165, 1.54) is 12.1 Å². The normalized spacial score (nSPS) is 10.3. The topological polar surface area (TPSA) is 81.4 Å². The zero-order valence-corrected chi connectivity index (χ0v) is 15.1. The molecule has 0 radical (unpaired) electrons. The number of amides is 2. The number of benzene rings is 3. The molecule has 0 aliphatic rings. The van der Waals surface area contributed by atoms with Gasteiger partial charge in [-0.3, -0.25) is 9.59 Å². The van der Waals surface area contributed by atoms with E-state index in [1.807, 2.05) is 30.3 Å². The molecule has 3 aromatic rings. The van der Waals surface area contributed by atoms with Gasteiger partial charge < -0.3 is 15.8 Å². The van der Waals surface area contributed by atoms with Crippen LogP contribution in [0.15, 0.2) is 72.8 Å². The van der Waals surface area contributed by atoms with E-state index in [2.05, 4.69) is 5.32 Å². The molecule has 5 nitrogen and oxygen atoms in total. The van der Waals surface area contributed by atoms with E-state index in [-0.39, 0.29) is 11.5 Å². The third-order valence-electron chi connectivity index (χ3n) is 3.86. The molecule has 6 heteroatoms. The summed E-state index contributed by atoms with van der Waals surface area (Å²) in [6.07, 6.45) is 0. The van der Waals surface area contributed by atoms with Crippen molar-refractivity contribution in [1.29, 1.82) is 0 Å². The SMILES string of the molecule is NC(=O)c1cc(Cl)ccc1NC(=O)c1ccc(OCc2ccccc2)cc1. The van der Waals surface area contributed by atoms with Crippen molar-refractivity contribution in [2.45, 2.75) is 6.61 Å². The van der Waals surface area contributed by atoms with E-state index in [0.29, 0.717) is 28.6 Å². The lowest BCUT2D eigenvalue weighted by molar-refractivity contribution is 0.100. The monoisotopic (exact) mass is 380 g/mol. The molecule has 3 N–H and O–H groups in total.